The van der Waals surface area contributed by atoms with Crippen LogP contribution in [0.1, 0.15) is 75.8 Å². The topological polar surface area (TPSA) is 975 Å². The van der Waals surface area contributed by atoms with E-state index in [1.54, 1.807) is 0 Å². The van der Waals surface area contributed by atoms with Crippen LogP contribution in [0.4, 0.5) is 0 Å². The highest BCUT2D eigenvalue weighted by Gasteiger charge is 2.59. The molecule has 8 heterocycles. The van der Waals surface area contributed by atoms with Crippen LogP contribution in [0, 0.1) is 5.92 Å². The van der Waals surface area contributed by atoms with Crippen LogP contribution in [0.25, 0.3) is 0 Å². The van der Waals surface area contributed by atoms with Crippen molar-refractivity contribution in [3.05, 3.63) is 35.9 Å². The van der Waals surface area contributed by atoms with Gasteiger partial charge in [0.2, 0.25) is 0 Å². The van der Waals surface area contributed by atoms with Crippen LogP contribution in [0.3, 0.4) is 0 Å². The molecule has 0 spiro atoms. The van der Waals surface area contributed by atoms with E-state index >= 15 is 0 Å². The number of aliphatic hydroxyl groups is 16. The van der Waals surface area contributed by atoms with E-state index in [0.717, 1.165) is 5.56 Å². The van der Waals surface area contributed by atoms with E-state index in [1.165, 1.54) is 0 Å². The molecule has 8 aliphatic heterocycles. The Balaban J connectivity index is 0.000000189. The van der Waals surface area contributed by atoms with E-state index < -0.39 is 344 Å². The molecule has 754 valence electrons. The molecule has 4 saturated carbocycles. The van der Waals surface area contributed by atoms with Crippen LogP contribution in [-0.2, 0) is 80.5 Å². The van der Waals surface area contributed by atoms with Crippen LogP contribution in [-0.4, -0.2) is 452 Å². The number of hydrogen-bond acceptors (Lipinski definition) is 52. The molecular formula is C78H149N19O33. The summed E-state index contributed by atoms with van der Waals surface area (Å²) in [6.07, 6.45) is -39.9. The number of ether oxygens (including phenoxy) is 17. The average Bonchev–Trinajstić information content (AvgIpc) is 1.48. The Morgan fingerprint density at radius 2 is 0.608 bits per heavy atom. The minimum atomic E-state index is -1.55. The summed E-state index contributed by atoms with van der Waals surface area (Å²) in [5.41, 5.74) is 117. The summed E-state index contributed by atoms with van der Waals surface area (Å²) in [6.45, 7) is -2.06. The van der Waals surface area contributed by atoms with Crippen molar-refractivity contribution in [2.45, 2.75) is 388 Å². The summed E-state index contributed by atoms with van der Waals surface area (Å²) < 4.78 is 101. The molecule has 0 aromatic heterocycles. The lowest BCUT2D eigenvalue weighted by Gasteiger charge is -2.46. The molecule has 52 heteroatoms. The molecule has 0 amide bonds. The standard InChI is InChI=1S/C29H50N6O11.C25H51N7O10.C24H48N6O12/c30-9-16-21(38)22(39)19(35)28(42-16)45-25-17(10-36)43-29(23(25)40)46-26-20(37)13(32)8-14(33)24(26)44-27-12(31)6-7-15(41-27)18(34)11-4-2-1-3-5-11;26-5-8-3-14(16(32)19(36)17(8)34)38-22-15(7-33)40-25(20(22)37)42-23-18(35)10(29)4-11(30)21(23)41-24-9(28)1-2-13(39-24)12(31)6-27;25-4-12-16(34)17(35)14(30)23(38-12)41-20-13(6-32)39-24(18(20)36)42-21-15(33)8(27)3-9(28)19(21)40-22-7(26)1-2-11(37-22)10(29)5-31/h1-5,12-29,36-40H,6-10,30-35H2;8-25,33-37H,1-7,26-32H2;7-24,31-36H,1-6,25-30H2. The van der Waals surface area contributed by atoms with Crippen molar-refractivity contribution in [1.82, 2.24) is 0 Å². The monoisotopic (exact) mass is 1880 g/mol. The first-order valence-electron chi connectivity index (χ1n) is 44.7. The lowest BCUT2D eigenvalue weighted by Crippen LogP contribution is -2.65. The second-order valence-corrected chi connectivity index (χ2v) is 36.3. The van der Waals surface area contributed by atoms with Crippen LogP contribution in [0.5, 0.6) is 0 Å². The predicted molar refractivity (Wildman–Crippen MR) is 448 cm³/mol. The minimum Gasteiger partial charge on any atom is -0.395 e. The first-order valence-corrected chi connectivity index (χ1v) is 44.7. The molecule has 12 aliphatic rings. The Kier molecular flexibility index (Phi) is 40.0. The van der Waals surface area contributed by atoms with Gasteiger partial charge in [0.15, 0.2) is 50.3 Å². The predicted octanol–water partition coefficient (Wildman–Crippen LogP) is -19.4. The highest BCUT2D eigenvalue weighted by Crippen LogP contribution is 2.41. The summed E-state index contributed by atoms with van der Waals surface area (Å²) in [4.78, 5) is 0. The van der Waals surface area contributed by atoms with Crippen LogP contribution in [0.2, 0.25) is 0 Å². The lowest BCUT2D eigenvalue weighted by atomic mass is 9.79. The Morgan fingerprint density at radius 3 is 0.954 bits per heavy atom. The van der Waals surface area contributed by atoms with Crippen LogP contribution >= 0.6 is 0 Å². The van der Waals surface area contributed by atoms with E-state index in [-0.39, 0.29) is 64.6 Å². The van der Waals surface area contributed by atoms with Crippen molar-refractivity contribution in [1.29, 1.82) is 0 Å². The molecule has 0 radical (unpaired) electrons. The van der Waals surface area contributed by atoms with Crippen LogP contribution in [0.15, 0.2) is 30.3 Å². The third-order valence-corrected chi connectivity index (χ3v) is 27.1. The second kappa shape index (κ2) is 48.3. The third-order valence-electron chi connectivity index (χ3n) is 27.1. The summed E-state index contributed by atoms with van der Waals surface area (Å²) >= 11 is 0. The number of benzene rings is 1. The van der Waals surface area contributed by atoms with Crippen molar-refractivity contribution >= 4 is 0 Å². The van der Waals surface area contributed by atoms with Gasteiger partial charge in [0.05, 0.1) is 130 Å². The zero-order chi connectivity index (χ0) is 95.0. The summed E-state index contributed by atoms with van der Waals surface area (Å²) in [5, 5.41) is 168. The fourth-order valence-corrected chi connectivity index (χ4v) is 18.9. The molecule has 130 heavy (non-hydrogen) atoms. The van der Waals surface area contributed by atoms with Gasteiger partial charge in [-0.2, -0.15) is 0 Å². The first-order chi connectivity index (χ1) is 61.8. The molecule has 52 nitrogen and oxygen atoms in total. The molecule has 8 saturated heterocycles. The summed E-state index contributed by atoms with van der Waals surface area (Å²) in [7, 11) is 0. The second-order valence-electron chi connectivity index (χ2n) is 36.3. The van der Waals surface area contributed by atoms with E-state index in [0.29, 0.717) is 38.5 Å². The largest absolute Gasteiger partial charge is 0.395 e. The summed E-state index contributed by atoms with van der Waals surface area (Å²) in [5.74, 6) is -0.491. The molecule has 12 fully saturated rings. The van der Waals surface area contributed by atoms with Gasteiger partial charge in [0.25, 0.3) is 0 Å². The molecular weight excluding hydrogens is 1730 g/mol. The lowest BCUT2D eigenvalue weighted by molar-refractivity contribution is -0.290. The Labute approximate surface area is 751 Å². The number of rotatable bonds is 30. The zero-order valence-corrected chi connectivity index (χ0v) is 72.4. The number of nitrogens with two attached hydrogens (primary N) is 19. The Bertz CT molecular complexity index is 3350. The Hall–Kier alpha value is -2.86. The van der Waals surface area contributed by atoms with Crippen molar-refractivity contribution < 1.29 is 162 Å². The van der Waals surface area contributed by atoms with Gasteiger partial charge in [-0.1, -0.05) is 30.3 Å². The molecule has 13 rings (SSSR count). The van der Waals surface area contributed by atoms with Crippen molar-refractivity contribution in [3.8, 4) is 0 Å². The maximum absolute atomic E-state index is 11.2. The van der Waals surface area contributed by atoms with Gasteiger partial charge in [-0.3, -0.25) is 0 Å². The van der Waals surface area contributed by atoms with Crippen LogP contribution < -0.4 is 109 Å². The molecule has 0 bridgehead atoms. The van der Waals surface area contributed by atoms with E-state index in [2.05, 4.69) is 0 Å². The van der Waals surface area contributed by atoms with Gasteiger partial charge < -0.3 is 271 Å². The molecule has 54 unspecified atom stereocenters. The maximum Gasteiger partial charge on any atom is 0.187 e. The highest BCUT2D eigenvalue weighted by atomic mass is 16.8. The van der Waals surface area contributed by atoms with Gasteiger partial charge in [-0.15, -0.1) is 0 Å². The van der Waals surface area contributed by atoms with Crippen molar-refractivity contribution in [2.75, 3.05) is 52.6 Å². The fourth-order valence-electron chi connectivity index (χ4n) is 18.9. The molecule has 54 atom stereocenters. The van der Waals surface area contributed by atoms with Gasteiger partial charge in [-0.05, 0) is 76.3 Å². The smallest absolute Gasteiger partial charge is 0.187 e. The zero-order valence-electron chi connectivity index (χ0n) is 72.4. The minimum absolute atomic E-state index is 0.0818. The normalized spacial score (nSPS) is 49.8. The first kappa shape index (κ1) is 108. The van der Waals surface area contributed by atoms with E-state index in [9.17, 15) is 81.7 Å². The SMILES string of the molecule is NCC(N)C1CCC(N)C(OC2C(N)CC(N)C(O)C2OC2OC(CO)C(OC3CC(CN)C(O)C(O)C3N)C2O)O1.NCC1OC(OC2C(CO)OC(OC3C(O)C(N)CC(N)C3OC3OC(C(N)CO)CCC3N)C2O)C(N)C(O)C1O.NCC1OC(OC2C(CO)OC(OC3C(O)C(N)CC(N)C3OC3OC(C(N)c4ccccc4)CCC3N)C2O)C(N)C(O)C1O. The van der Waals surface area contributed by atoms with Crippen molar-refractivity contribution in [3.63, 3.8) is 0 Å². The highest BCUT2D eigenvalue weighted by molar-refractivity contribution is 5.20. The molecule has 1 aromatic rings. The van der Waals surface area contributed by atoms with E-state index in [4.69, 9.17) is 189 Å². The summed E-state index contributed by atoms with van der Waals surface area (Å²) in [6, 6.07) is -1.59. The van der Waals surface area contributed by atoms with Crippen molar-refractivity contribution in [2.24, 2.45) is 115 Å². The van der Waals surface area contributed by atoms with Gasteiger partial charge in [0, 0.05) is 67.8 Å². The maximum atomic E-state index is 11.2. The van der Waals surface area contributed by atoms with Gasteiger partial charge in [-0.25, -0.2) is 0 Å². The number of hydrogen-bond donors (Lipinski definition) is 35. The number of aliphatic hydroxyl groups excluding tert-OH is 16. The Morgan fingerprint density at radius 1 is 0.285 bits per heavy atom. The van der Waals surface area contributed by atoms with E-state index in [1.807, 2.05) is 30.3 Å². The molecule has 4 aliphatic carbocycles. The quantitative estimate of drug-likeness (QED) is 0.0340. The average molecular weight is 1880 g/mol. The molecule has 54 N–H and O–H groups in total. The third kappa shape index (κ3) is 24.6. The van der Waals surface area contributed by atoms with Gasteiger partial charge in [0.1, 0.15) is 128 Å². The molecule has 1 aromatic carbocycles. The van der Waals surface area contributed by atoms with Gasteiger partial charge >= 0.3 is 0 Å². The fraction of sp³-hybridized carbons (Fsp3) is 0.923.